The van der Waals surface area contributed by atoms with E-state index in [1.165, 1.54) is 0 Å². The van der Waals surface area contributed by atoms with Crippen LogP contribution in [0.25, 0.3) is 0 Å². The predicted octanol–water partition coefficient (Wildman–Crippen LogP) is 1.33. The Morgan fingerprint density at radius 3 is 2.33 bits per heavy atom. The second kappa shape index (κ2) is 5.78. The smallest absolute Gasteiger partial charge is 0.211 e. The molecule has 12 heavy (non-hydrogen) atoms. The minimum atomic E-state index is -3.06. The van der Waals surface area contributed by atoms with Gasteiger partial charge in [-0.05, 0) is 26.7 Å². The second-order valence-electron chi connectivity index (χ2n) is 2.99. The van der Waals surface area contributed by atoms with Crippen LogP contribution in [0.2, 0.25) is 0 Å². The van der Waals surface area contributed by atoms with E-state index < -0.39 is 10.0 Å². The van der Waals surface area contributed by atoms with Crippen LogP contribution in [0.15, 0.2) is 0 Å². The summed E-state index contributed by atoms with van der Waals surface area (Å²) in [5.41, 5.74) is 0. The normalized spacial score (nSPS) is 12.3. The Morgan fingerprint density at radius 1 is 1.33 bits per heavy atom. The van der Waals surface area contributed by atoms with Gasteiger partial charge in [0.15, 0.2) is 0 Å². The Balaban J connectivity index is 3.73. The summed E-state index contributed by atoms with van der Waals surface area (Å²) < 4.78 is 24.8. The van der Waals surface area contributed by atoms with Gasteiger partial charge in [0.25, 0.3) is 0 Å². The summed E-state index contributed by atoms with van der Waals surface area (Å²) in [7, 11) is -3.06. The lowest BCUT2D eigenvalue weighted by Crippen LogP contribution is -2.32. The second-order valence-corrected chi connectivity index (χ2v) is 5.24. The number of unbranched alkanes of at least 4 members (excludes halogenated alkanes) is 1. The fourth-order valence-electron chi connectivity index (χ4n) is 0.805. The molecule has 0 aromatic rings. The van der Waals surface area contributed by atoms with Crippen molar-refractivity contribution in [3.63, 3.8) is 0 Å². The Morgan fingerprint density at radius 2 is 1.92 bits per heavy atom. The molecule has 0 bridgehead atoms. The molecule has 0 atom stereocenters. The third-order valence-electron chi connectivity index (χ3n) is 1.21. The van der Waals surface area contributed by atoms with Crippen molar-refractivity contribution in [3.05, 3.63) is 0 Å². The summed E-state index contributed by atoms with van der Waals surface area (Å²) in [6.45, 7) is 3.61. The van der Waals surface area contributed by atoms with Crippen LogP contribution in [0, 0.1) is 0 Å². The summed E-state index contributed by atoms with van der Waals surface area (Å²) in [4.78, 5) is 0. The van der Waals surface area contributed by atoms with Crippen LogP contribution in [-0.4, -0.2) is 26.1 Å². The van der Waals surface area contributed by atoms with E-state index in [1.54, 1.807) is 13.8 Å². The molecule has 0 amide bonds. The molecule has 3 nitrogen and oxygen atoms in total. The van der Waals surface area contributed by atoms with Crippen LogP contribution in [0.5, 0.6) is 0 Å². The molecule has 0 aromatic carbocycles. The van der Waals surface area contributed by atoms with E-state index in [0.29, 0.717) is 12.3 Å². The molecular formula is C7H16ClNO2S. The lowest BCUT2D eigenvalue weighted by atomic mass is 10.4. The van der Waals surface area contributed by atoms with Gasteiger partial charge in [0.05, 0.1) is 5.75 Å². The number of alkyl halides is 1. The maximum Gasteiger partial charge on any atom is 0.211 e. The third kappa shape index (κ3) is 6.88. The summed E-state index contributed by atoms with van der Waals surface area (Å²) in [6, 6.07) is -0.0222. The van der Waals surface area contributed by atoms with Gasteiger partial charge in [-0.1, -0.05) is 0 Å². The van der Waals surface area contributed by atoms with Crippen molar-refractivity contribution in [1.29, 1.82) is 0 Å². The van der Waals surface area contributed by atoms with Gasteiger partial charge in [-0.2, -0.15) is 0 Å². The minimum Gasteiger partial charge on any atom is -0.213 e. The first-order valence-corrected chi connectivity index (χ1v) is 6.22. The molecule has 0 aliphatic carbocycles. The zero-order valence-electron chi connectivity index (χ0n) is 7.51. The summed E-state index contributed by atoms with van der Waals surface area (Å²) in [6.07, 6.45) is 1.38. The number of halogens is 1. The average molecular weight is 214 g/mol. The van der Waals surface area contributed by atoms with Crippen LogP contribution in [-0.2, 0) is 10.0 Å². The highest BCUT2D eigenvalue weighted by Gasteiger charge is 2.10. The van der Waals surface area contributed by atoms with Crippen LogP contribution >= 0.6 is 11.6 Å². The van der Waals surface area contributed by atoms with Gasteiger partial charge >= 0.3 is 0 Å². The van der Waals surface area contributed by atoms with Crippen molar-refractivity contribution in [2.24, 2.45) is 0 Å². The molecule has 0 radical (unpaired) electrons. The highest BCUT2D eigenvalue weighted by atomic mass is 35.5. The molecule has 0 aliphatic rings. The molecule has 0 saturated carbocycles. The quantitative estimate of drug-likeness (QED) is 0.535. The molecule has 0 unspecified atom stereocenters. The molecule has 0 rings (SSSR count). The van der Waals surface area contributed by atoms with Crippen molar-refractivity contribution in [2.75, 3.05) is 11.6 Å². The first-order valence-electron chi connectivity index (χ1n) is 4.04. The molecular weight excluding hydrogens is 198 g/mol. The monoisotopic (exact) mass is 213 g/mol. The fraction of sp³-hybridized carbons (Fsp3) is 1.00. The fourth-order valence-corrected chi connectivity index (χ4v) is 2.41. The van der Waals surface area contributed by atoms with Crippen molar-refractivity contribution < 1.29 is 8.42 Å². The number of rotatable bonds is 6. The Kier molecular flexibility index (Phi) is 5.88. The maximum atomic E-state index is 11.2. The molecule has 0 saturated heterocycles. The van der Waals surface area contributed by atoms with Gasteiger partial charge in [-0.15, -0.1) is 11.6 Å². The van der Waals surface area contributed by atoms with Gasteiger partial charge in [0, 0.05) is 11.9 Å². The molecule has 5 heteroatoms. The average Bonchev–Trinajstić information content (AvgIpc) is 1.84. The zero-order chi connectivity index (χ0) is 9.61. The lowest BCUT2D eigenvalue weighted by molar-refractivity contribution is 0.567. The molecule has 0 aliphatic heterocycles. The van der Waals surface area contributed by atoms with E-state index in [-0.39, 0.29) is 11.8 Å². The SMILES string of the molecule is CC(C)NS(=O)(=O)CCCCCl. The Labute approximate surface area is 79.5 Å². The molecule has 0 aromatic heterocycles. The highest BCUT2D eigenvalue weighted by Crippen LogP contribution is 1.97. The van der Waals surface area contributed by atoms with E-state index in [0.717, 1.165) is 6.42 Å². The van der Waals surface area contributed by atoms with Gasteiger partial charge in [0.1, 0.15) is 0 Å². The van der Waals surface area contributed by atoms with Crippen molar-refractivity contribution >= 4 is 21.6 Å². The zero-order valence-corrected chi connectivity index (χ0v) is 9.08. The van der Waals surface area contributed by atoms with Crippen LogP contribution in [0.4, 0.5) is 0 Å². The van der Waals surface area contributed by atoms with E-state index in [4.69, 9.17) is 11.6 Å². The maximum absolute atomic E-state index is 11.2. The van der Waals surface area contributed by atoms with Crippen molar-refractivity contribution in [3.8, 4) is 0 Å². The number of nitrogens with one attached hydrogen (secondary N) is 1. The van der Waals surface area contributed by atoms with E-state index in [9.17, 15) is 8.42 Å². The molecule has 0 fully saturated rings. The summed E-state index contributed by atoms with van der Waals surface area (Å²) >= 11 is 5.42. The van der Waals surface area contributed by atoms with Gasteiger partial charge in [-0.25, -0.2) is 13.1 Å². The Hall–Kier alpha value is 0.200. The first-order chi connectivity index (χ1) is 5.48. The molecule has 0 heterocycles. The third-order valence-corrected chi connectivity index (χ3v) is 3.14. The molecule has 74 valence electrons. The van der Waals surface area contributed by atoms with Gasteiger partial charge < -0.3 is 0 Å². The van der Waals surface area contributed by atoms with Crippen molar-refractivity contribution in [1.82, 2.24) is 4.72 Å². The topological polar surface area (TPSA) is 46.2 Å². The largest absolute Gasteiger partial charge is 0.213 e. The van der Waals surface area contributed by atoms with Crippen molar-refractivity contribution in [2.45, 2.75) is 32.7 Å². The van der Waals surface area contributed by atoms with Crippen LogP contribution < -0.4 is 4.72 Å². The van der Waals surface area contributed by atoms with Crippen LogP contribution in [0.1, 0.15) is 26.7 Å². The van der Waals surface area contributed by atoms with E-state index in [1.807, 2.05) is 0 Å². The van der Waals surface area contributed by atoms with E-state index in [2.05, 4.69) is 4.72 Å². The van der Waals surface area contributed by atoms with Gasteiger partial charge in [0.2, 0.25) is 10.0 Å². The van der Waals surface area contributed by atoms with E-state index >= 15 is 0 Å². The lowest BCUT2D eigenvalue weighted by Gasteiger charge is -2.08. The van der Waals surface area contributed by atoms with Gasteiger partial charge in [-0.3, -0.25) is 0 Å². The molecule has 0 spiro atoms. The summed E-state index contributed by atoms with van der Waals surface area (Å²) in [5.74, 6) is 0.703. The minimum absolute atomic E-state index is 0.0222. The number of hydrogen-bond donors (Lipinski definition) is 1. The Bertz CT molecular complexity index is 201. The standard InChI is InChI=1S/C7H16ClNO2S/c1-7(2)9-12(10,11)6-4-3-5-8/h7,9H,3-6H2,1-2H3. The summed E-state index contributed by atoms with van der Waals surface area (Å²) in [5, 5.41) is 0. The highest BCUT2D eigenvalue weighted by molar-refractivity contribution is 7.89. The number of sulfonamides is 1. The van der Waals surface area contributed by atoms with Crippen LogP contribution in [0.3, 0.4) is 0 Å². The predicted molar refractivity (Wildman–Crippen MR) is 52.0 cm³/mol. The molecule has 1 N–H and O–H groups in total. The first kappa shape index (κ1) is 12.2. The number of hydrogen-bond acceptors (Lipinski definition) is 2.